The molecule has 170 valence electrons. The Hall–Kier alpha value is -2.51. The second-order valence-electron chi connectivity index (χ2n) is 8.98. The van der Waals surface area contributed by atoms with Gasteiger partial charge in [0.2, 0.25) is 11.8 Å². The minimum absolute atomic E-state index is 0.000440. The summed E-state index contributed by atoms with van der Waals surface area (Å²) < 4.78 is 13.4. The van der Waals surface area contributed by atoms with Crippen molar-refractivity contribution in [3.05, 3.63) is 59.1 Å². The summed E-state index contributed by atoms with van der Waals surface area (Å²) >= 11 is 6.23. The molecule has 4 N–H and O–H groups in total. The molecule has 2 saturated carbocycles. The number of nitrogens with one attached hydrogen (secondary N) is 2. The van der Waals surface area contributed by atoms with Crippen LogP contribution in [-0.2, 0) is 15.0 Å². The van der Waals surface area contributed by atoms with Gasteiger partial charge in [-0.25, -0.2) is 4.39 Å². The smallest absolute Gasteiger partial charge is 0.237 e. The fourth-order valence-electron chi connectivity index (χ4n) is 4.62. The third kappa shape index (κ3) is 5.10. The van der Waals surface area contributed by atoms with Crippen LogP contribution in [0.3, 0.4) is 0 Å². The van der Waals surface area contributed by atoms with Crippen molar-refractivity contribution in [2.75, 3.05) is 11.9 Å². The molecular weight excluding hydrogens is 431 g/mol. The van der Waals surface area contributed by atoms with Crippen molar-refractivity contribution < 1.29 is 14.0 Å². The number of benzene rings is 1. The number of carbonyl (C=O) groups is 2. The van der Waals surface area contributed by atoms with Gasteiger partial charge in [0.05, 0.1) is 6.04 Å². The predicted octanol–water partition coefficient (Wildman–Crippen LogP) is 3.79. The number of aromatic nitrogens is 1. The van der Waals surface area contributed by atoms with Gasteiger partial charge in [0.1, 0.15) is 5.82 Å². The third-order valence-electron chi connectivity index (χ3n) is 6.86. The molecular formula is C24H28ClFN4O2. The molecule has 1 aromatic heterocycles. The summed E-state index contributed by atoms with van der Waals surface area (Å²) in [4.78, 5) is 29.2. The molecule has 1 unspecified atom stereocenters. The van der Waals surface area contributed by atoms with Crippen LogP contribution in [0.2, 0.25) is 5.02 Å². The molecule has 1 heterocycles. The fraction of sp³-hybridized carbons (Fsp3) is 0.458. The Morgan fingerprint density at radius 2 is 1.84 bits per heavy atom. The maximum atomic E-state index is 13.4. The first-order chi connectivity index (χ1) is 15.4. The molecule has 0 radical (unpaired) electrons. The number of nitrogens with two attached hydrogens (primary N) is 1. The van der Waals surface area contributed by atoms with Gasteiger partial charge in [-0.3, -0.25) is 14.6 Å². The highest BCUT2D eigenvalue weighted by atomic mass is 35.5. The Morgan fingerprint density at radius 1 is 1.16 bits per heavy atom. The molecule has 2 amide bonds. The van der Waals surface area contributed by atoms with Crippen LogP contribution in [0.15, 0.2) is 42.7 Å². The molecule has 2 aliphatic rings. The zero-order valence-corrected chi connectivity index (χ0v) is 18.6. The number of amides is 2. The fourth-order valence-corrected chi connectivity index (χ4v) is 4.99. The normalized spacial score (nSPS) is 22.6. The van der Waals surface area contributed by atoms with Gasteiger partial charge in [-0.2, -0.15) is 0 Å². The van der Waals surface area contributed by atoms with Crippen molar-refractivity contribution in [2.24, 2.45) is 17.6 Å². The molecule has 0 saturated heterocycles. The third-order valence-corrected chi connectivity index (χ3v) is 7.17. The number of nitrogens with zero attached hydrogens (tertiary/aromatic N) is 1. The van der Waals surface area contributed by atoms with E-state index in [0.29, 0.717) is 24.4 Å². The quantitative estimate of drug-likeness (QED) is 0.588. The molecule has 1 atom stereocenters. The average Bonchev–Trinajstić information content (AvgIpc) is 3.58. The SMILES string of the molecule is NC(C(=O)NCC1(c2ccc(F)cc2Cl)CC1)C1CCC(C(=O)Nc2ccncc2)CC1. The summed E-state index contributed by atoms with van der Waals surface area (Å²) in [7, 11) is 0. The Labute approximate surface area is 192 Å². The number of hydrogen-bond acceptors (Lipinski definition) is 4. The Kier molecular flexibility index (Phi) is 6.76. The Balaban J connectivity index is 1.26. The Morgan fingerprint density at radius 3 is 2.47 bits per heavy atom. The molecule has 8 heteroatoms. The van der Waals surface area contributed by atoms with E-state index in [1.165, 1.54) is 12.1 Å². The maximum absolute atomic E-state index is 13.4. The average molecular weight is 459 g/mol. The first-order valence-corrected chi connectivity index (χ1v) is 11.5. The molecule has 0 spiro atoms. The first kappa shape index (κ1) is 22.7. The van der Waals surface area contributed by atoms with E-state index in [1.807, 2.05) is 0 Å². The number of pyridine rings is 1. The van der Waals surface area contributed by atoms with Gasteiger partial charge >= 0.3 is 0 Å². The van der Waals surface area contributed by atoms with E-state index in [2.05, 4.69) is 15.6 Å². The van der Waals surface area contributed by atoms with E-state index >= 15 is 0 Å². The zero-order valence-electron chi connectivity index (χ0n) is 17.8. The van der Waals surface area contributed by atoms with Gasteiger partial charge in [0.15, 0.2) is 0 Å². The molecule has 2 aromatic rings. The van der Waals surface area contributed by atoms with Gasteiger partial charge in [0.25, 0.3) is 0 Å². The van der Waals surface area contributed by atoms with Gasteiger partial charge in [-0.1, -0.05) is 17.7 Å². The summed E-state index contributed by atoms with van der Waals surface area (Å²) in [5.41, 5.74) is 7.65. The lowest BCUT2D eigenvalue weighted by Crippen LogP contribution is -2.48. The summed E-state index contributed by atoms with van der Waals surface area (Å²) in [5, 5.41) is 6.30. The van der Waals surface area contributed by atoms with Crippen LogP contribution in [-0.4, -0.2) is 29.4 Å². The van der Waals surface area contributed by atoms with Gasteiger partial charge in [0, 0.05) is 41.0 Å². The van der Waals surface area contributed by atoms with Crippen molar-refractivity contribution >= 4 is 29.1 Å². The molecule has 6 nitrogen and oxygen atoms in total. The molecule has 0 aliphatic heterocycles. The number of carbonyl (C=O) groups excluding carboxylic acids is 2. The Bertz CT molecular complexity index is 975. The summed E-state index contributed by atoms with van der Waals surface area (Å²) in [5.74, 6) is -0.584. The molecule has 1 aromatic carbocycles. The van der Waals surface area contributed by atoms with Crippen LogP contribution in [0.1, 0.15) is 44.1 Å². The van der Waals surface area contributed by atoms with Gasteiger partial charge < -0.3 is 16.4 Å². The highest BCUT2D eigenvalue weighted by Gasteiger charge is 2.46. The van der Waals surface area contributed by atoms with E-state index in [4.69, 9.17) is 17.3 Å². The second-order valence-corrected chi connectivity index (χ2v) is 9.39. The number of hydrogen-bond donors (Lipinski definition) is 3. The summed E-state index contributed by atoms with van der Waals surface area (Å²) in [6, 6.07) is 7.32. The molecule has 4 rings (SSSR count). The van der Waals surface area contributed by atoms with Crippen molar-refractivity contribution in [1.29, 1.82) is 0 Å². The van der Waals surface area contributed by atoms with Crippen LogP contribution in [0, 0.1) is 17.7 Å². The topological polar surface area (TPSA) is 97.1 Å². The van der Waals surface area contributed by atoms with Crippen LogP contribution in [0.5, 0.6) is 0 Å². The van der Waals surface area contributed by atoms with Crippen LogP contribution in [0.4, 0.5) is 10.1 Å². The van der Waals surface area contributed by atoms with E-state index in [1.54, 1.807) is 30.6 Å². The standard InChI is InChI=1S/C24H28ClFN4O2/c25-20-13-17(26)5-6-19(20)24(9-10-24)14-29-23(32)21(27)15-1-3-16(4-2-15)22(31)30-18-7-11-28-12-8-18/h5-8,11-13,15-16,21H,1-4,9-10,14,27H2,(H,29,32)(H,28,30,31). The first-order valence-electron chi connectivity index (χ1n) is 11.1. The molecule has 32 heavy (non-hydrogen) atoms. The predicted molar refractivity (Wildman–Crippen MR) is 122 cm³/mol. The number of rotatable bonds is 7. The van der Waals surface area contributed by atoms with Crippen molar-refractivity contribution in [2.45, 2.75) is 50.0 Å². The summed E-state index contributed by atoms with van der Waals surface area (Å²) in [6.45, 7) is 0.439. The van der Waals surface area contributed by atoms with E-state index < -0.39 is 6.04 Å². The van der Waals surface area contributed by atoms with Crippen molar-refractivity contribution in [3.8, 4) is 0 Å². The molecule has 2 fully saturated rings. The van der Waals surface area contributed by atoms with Gasteiger partial charge in [-0.05, 0) is 74.3 Å². The van der Waals surface area contributed by atoms with Crippen molar-refractivity contribution in [1.82, 2.24) is 10.3 Å². The molecule has 2 aliphatic carbocycles. The highest BCUT2D eigenvalue weighted by molar-refractivity contribution is 6.31. The minimum Gasteiger partial charge on any atom is -0.354 e. The molecule has 0 bridgehead atoms. The number of halogens is 2. The lowest BCUT2D eigenvalue weighted by Gasteiger charge is -2.31. The van der Waals surface area contributed by atoms with Crippen molar-refractivity contribution in [3.63, 3.8) is 0 Å². The lowest BCUT2D eigenvalue weighted by molar-refractivity contribution is -0.124. The largest absolute Gasteiger partial charge is 0.354 e. The zero-order chi connectivity index (χ0) is 22.7. The lowest BCUT2D eigenvalue weighted by atomic mass is 9.78. The van der Waals surface area contributed by atoms with Gasteiger partial charge in [-0.15, -0.1) is 0 Å². The van der Waals surface area contributed by atoms with E-state index in [-0.39, 0.29) is 34.9 Å². The van der Waals surface area contributed by atoms with Crippen LogP contribution >= 0.6 is 11.6 Å². The van der Waals surface area contributed by atoms with E-state index in [9.17, 15) is 14.0 Å². The monoisotopic (exact) mass is 458 g/mol. The van der Waals surface area contributed by atoms with Crippen LogP contribution in [0.25, 0.3) is 0 Å². The second kappa shape index (κ2) is 9.55. The van der Waals surface area contributed by atoms with E-state index in [0.717, 1.165) is 36.9 Å². The minimum atomic E-state index is -0.612. The highest BCUT2D eigenvalue weighted by Crippen LogP contribution is 2.50. The number of anilines is 1. The summed E-state index contributed by atoms with van der Waals surface area (Å²) in [6.07, 6.45) is 7.95. The maximum Gasteiger partial charge on any atom is 0.237 e. The van der Waals surface area contributed by atoms with Crippen LogP contribution < -0.4 is 16.4 Å².